The Bertz CT molecular complexity index is 840. The van der Waals surface area contributed by atoms with Gasteiger partial charge in [0.2, 0.25) is 11.8 Å². The lowest BCUT2D eigenvalue weighted by molar-refractivity contribution is -0.120. The lowest BCUT2D eigenvalue weighted by Gasteiger charge is -2.04. The van der Waals surface area contributed by atoms with Gasteiger partial charge in [0, 0.05) is 22.9 Å². The maximum absolute atomic E-state index is 12.3. The summed E-state index contributed by atoms with van der Waals surface area (Å²) in [5.74, 6) is 1.74. The van der Waals surface area contributed by atoms with Gasteiger partial charge in [-0.25, -0.2) is 4.98 Å². The van der Waals surface area contributed by atoms with Crippen LogP contribution >= 0.6 is 11.3 Å². The van der Waals surface area contributed by atoms with E-state index in [1.165, 1.54) is 5.56 Å². The first-order valence-corrected chi connectivity index (χ1v) is 8.98. The summed E-state index contributed by atoms with van der Waals surface area (Å²) < 4.78 is 5.69. The highest BCUT2D eigenvalue weighted by Gasteiger charge is 2.39. The van der Waals surface area contributed by atoms with Gasteiger partial charge in [0.05, 0.1) is 12.1 Å². The number of aryl methyl sites for hydroxylation is 1. The summed E-state index contributed by atoms with van der Waals surface area (Å²) in [6.45, 7) is 1.86. The minimum absolute atomic E-state index is 0.00620. The summed E-state index contributed by atoms with van der Waals surface area (Å²) in [6.07, 6.45) is 1.27. The van der Waals surface area contributed by atoms with Crippen LogP contribution in [0.5, 0.6) is 0 Å². The Morgan fingerprint density at radius 1 is 1.33 bits per heavy atom. The number of nitrogens with one attached hydrogen (secondary N) is 1. The summed E-state index contributed by atoms with van der Waals surface area (Å²) in [4.78, 5) is 16.8. The molecule has 1 amide bonds. The van der Waals surface area contributed by atoms with Crippen molar-refractivity contribution in [2.24, 2.45) is 0 Å². The molecule has 1 aliphatic rings. The van der Waals surface area contributed by atoms with Crippen LogP contribution in [0.4, 0.5) is 0 Å². The van der Waals surface area contributed by atoms with Crippen molar-refractivity contribution in [1.82, 2.24) is 10.3 Å². The Morgan fingerprint density at radius 2 is 2.17 bits per heavy atom. The maximum atomic E-state index is 12.3. The van der Waals surface area contributed by atoms with Crippen LogP contribution in [0.1, 0.15) is 29.4 Å². The summed E-state index contributed by atoms with van der Waals surface area (Å²) in [6, 6.07) is 12.5. The third-order valence-electron chi connectivity index (χ3n) is 4.35. The number of hydrogen-bond acceptors (Lipinski definition) is 4. The van der Waals surface area contributed by atoms with Crippen molar-refractivity contribution in [3.05, 3.63) is 64.2 Å². The lowest BCUT2D eigenvalue weighted by Crippen LogP contribution is -2.28. The van der Waals surface area contributed by atoms with Crippen molar-refractivity contribution in [3.8, 4) is 11.5 Å². The third-order valence-corrected chi connectivity index (χ3v) is 5.04. The highest BCUT2D eigenvalue weighted by Crippen LogP contribution is 2.40. The Kier molecular flexibility index (Phi) is 3.94. The molecule has 1 fully saturated rings. The molecule has 24 heavy (non-hydrogen) atoms. The number of amides is 1. The number of carbonyl (C=O) groups is 1. The number of nitrogens with zero attached hydrogens (tertiary/aromatic N) is 1. The molecule has 1 aromatic carbocycles. The van der Waals surface area contributed by atoms with Gasteiger partial charge in [-0.3, -0.25) is 4.79 Å². The topological polar surface area (TPSA) is 55.1 Å². The molecule has 0 unspecified atom stereocenters. The Morgan fingerprint density at radius 3 is 2.92 bits per heavy atom. The second-order valence-electron chi connectivity index (χ2n) is 6.14. The molecule has 4 rings (SSSR count). The number of aromatic nitrogens is 1. The smallest absolute Gasteiger partial charge is 0.227 e. The highest BCUT2D eigenvalue weighted by atomic mass is 32.1. The van der Waals surface area contributed by atoms with Crippen molar-refractivity contribution in [2.75, 3.05) is 0 Å². The molecule has 0 bridgehead atoms. The first-order chi connectivity index (χ1) is 11.7. The Balaban J connectivity index is 1.37. The molecule has 1 N–H and O–H groups in total. The van der Waals surface area contributed by atoms with E-state index in [2.05, 4.69) is 22.4 Å². The zero-order valence-corrected chi connectivity index (χ0v) is 14.2. The monoisotopic (exact) mass is 338 g/mol. The minimum atomic E-state index is 0.00620. The highest BCUT2D eigenvalue weighted by molar-refractivity contribution is 7.08. The lowest BCUT2D eigenvalue weighted by atomic mass is 10.1. The van der Waals surface area contributed by atoms with Crippen LogP contribution in [0.25, 0.3) is 11.5 Å². The van der Waals surface area contributed by atoms with E-state index in [0.29, 0.717) is 23.3 Å². The van der Waals surface area contributed by atoms with E-state index in [1.54, 1.807) is 11.3 Å². The van der Waals surface area contributed by atoms with Crippen LogP contribution in [0.2, 0.25) is 0 Å². The second kappa shape index (κ2) is 6.24. The third kappa shape index (κ3) is 3.12. The fourth-order valence-corrected chi connectivity index (χ4v) is 3.56. The predicted octanol–water partition coefficient (Wildman–Crippen LogP) is 3.93. The van der Waals surface area contributed by atoms with Crippen LogP contribution < -0.4 is 5.32 Å². The number of carbonyl (C=O) groups excluding carboxylic acids is 1. The molecule has 2 heterocycles. The Hall–Kier alpha value is -2.40. The van der Waals surface area contributed by atoms with E-state index >= 15 is 0 Å². The molecule has 0 radical (unpaired) electrons. The van der Waals surface area contributed by atoms with Crippen molar-refractivity contribution >= 4 is 17.2 Å². The molecule has 2 aromatic heterocycles. The first-order valence-electron chi connectivity index (χ1n) is 8.04. The Labute approximate surface area is 144 Å². The maximum Gasteiger partial charge on any atom is 0.227 e. The number of hydrogen-bond donors (Lipinski definition) is 1. The van der Waals surface area contributed by atoms with Crippen molar-refractivity contribution in [3.63, 3.8) is 0 Å². The molecule has 3 aromatic rings. The van der Waals surface area contributed by atoms with Gasteiger partial charge in [-0.05, 0) is 30.4 Å². The van der Waals surface area contributed by atoms with Crippen molar-refractivity contribution < 1.29 is 9.21 Å². The van der Waals surface area contributed by atoms with E-state index in [4.69, 9.17) is 4.42 Å². The van der Waals surface area contributed by atoms with Gasteiger partial charge in [0.1, 0.15) is 5.76 Å². The number of rotatable bonds is 5. The number of thiophene rings is 1. The van der Waals surface area contributed by atoms with E-state index in [1.807, 2.05) is 41.9 Å². The number of oxazole rings is 1. The van der Waals surface area contributed by atoms with Gasteiger partial charge < -0.3 is 9.73 Å². The van der Waals surface area contributed by atoms with E-state index in [9.17, 15) is 4.79 Å². The van der Waals surface area contributed by atoms with Crippen LogP contribution in [0.3, 0.4) is 0 Å². The SMILES string of the molecule is Cc1oc(-c2ccsc2)nc1CC(=O)N[C@H]1C[C@@H]1c1ccccc1. The molecule has 0 aliphatic heterocycles. The fraction of sp³-hybridized carbons (Fsp3) is 0.263. The standard InChI is InChI=1S/C19H18N2O2S/c1-12-16(21-19(23-12)14-7-8-24-11-14)10-18(22)20-17-9-15(17)13-5-3-2-4-6-13/h2-8,11,15,17H,9-10H2,1H3,(H,20,22)/t15-,17+/m1/s1. The average Bonchev–Trinajstić information content (AvgIpc) is 2.97. The van der Waals surface area contributed by atoms with Crippen molar-refractivity contribution in [1.29, 1.82) is 0 Å². The fourth-order valence-electron chi connectivity index (χ4n) is 2.93. The molecule has 0 spiro atoms. The normalized spacial score (nSPS) is 19.2. The average molecular weight is 338 g/mol. The molecule has 1 aliphatic carbocycles. The van der Waals surface area contributed by atoms with E-state index in [0.717, 1.165) is 12.0 Å². The first kappa shape index (κ1) is 15.1. The zero-order chi connectivity index (χ0) is 16.5. The van der Waals surface area contributed by atoms with Gasteiger partial charge in [0.15, 0.2) is 0 Å². The predicted molar refractivity (Wildman–Crippen MR) is 94.0 cm³/mol. The summed E-state index contributed by atoms with van der Waals surface area (Å²) in [5, 5.41) is 7.08. The van der Waals surface area contributed by atoms with Gasteiger partial charge >= 0.3 is 0 Å². The van der Waals surface area contributed by atoms with Gasteiger partial charge in [-0.2, -0.15) is 11.3 Å². The van der Waals surface area contributed by atoms with Gasteiger partial charge in [-0.15, -0.1) is 0 Å². The number of benzene rings is 1. The molecular weight excluding hydrogens is 320 g/mol. The molecular formula is C19H18N2O2S. The van der Waals surface area contributed by atoms with Crippen LogP contribution in [0, 0.1) is 6.92 Å². The summed E-state index contributed by atoms with van der Waals surface area (Å²) >= 11 is 1.60. The minimum Gasteiger partial charge on any atom is -0.441 e. The molecule has 122 valence electrons. The van der Waals surface area contributed by atoms with E-state index < -0.39 is 0 Å². The molecule has 0 saturated heterocycles. The molecule has 5 heteroatoms. The second-order valence-corrected chi connectivity index (χ2v) is 6.92. The largest absolute Gasteiger partial charge is 0.441 e. The van der Waals surface area contributed by atoms with Gasteiger partial charge in [-0.1, -0.05) is 30.3 Å². The summed E-state index contributed by atoms with van der Waals surface area (Å²) in [7, 11) is 0. The van der Waals surface area contributed by atoms with Crippen molar-refractivity contribution in [2.45, 2.75) is 31.7 Å². The molecule has 4 nitrogen and oxygen atoms in total. The van der Waals surface area contributed by atoms with Crippen LogP contribution in [-0.2, 0) is 11.2 Å². The molecule has 1 saturated carbocycles. The van der Waals surface area contributed by atoms with Crippen LogP contribution in [-0.4, -0.2) is 16.9 Å². The zero-order valence-electron chi connectivity index (χ0n) is 13.4. The van der Waals surface area contributed by atoms with Gasteiger partial charge in [0.25, 0.3) is 0 Å². The quantitative estimate of drug-likeness (QED) is 0.767. The summed E-state index contributed by atoms with van der Waals surface area (Å²) in [5.41, 5.74) is 2.96. The molecule has 2 atom stereocenters. The van der Waals surface area contributed by atoms with Crippen LogP contribution in [0.15, 0.2) is 51.6 Å². The van der Waals surface area contributed by atoms with E-state index in [-0.39, 0.29) is 18.4 Å².